The van der Waals surface area contributed by atoms with E-state index in [4.69, 9.17) is 5.26 Å². The van der Waals surface area contributed by atoms with Crippen LogP contribution in [-0.4, -0.2) is 17.9 Å². The Morgan fingerprint density at radius 1 is 1.32 bits per heavy atom. The fraction of sp³-hybridized carbons (Fsp3) is 0.200. The second-order valence-electron chi connectivity index (χ2n) is 4.31. The highest BCUT2D eigenvalue weighted by atomic mass is 32.1. The highest BCUT2D eigenvalue weighted by Crippen LogP contribution is 2.12. The lowest BCUT2D eigenvalue weighted by Crippen LogP contribution is -2.27. The van der Waals surface area contributed by atoms with Crippen molar-refractivity contribution < 1.29 is 4.79 Å². The van der Waals surface area contributed by atoms with Crippen LogP contribution in [0.3, 0.4) is 0 Å². The number of hydrogen-bond acceptors (Lipinski definition) is 3. The number of nitrogens with zero attached hydrogens (tertiary/aromatic N) is 2. The number of hydrogen-bond donors (Lipinski definition) is 0. The zero-order valence-electron chi connectivity index (χ0n) is 10.7. The van der Waals surface area contributed by atoms with Gasteiger partial charge in [0.1, 0.15) is 0 Å². The summed E-state index contributed by atoms with van der Waals surface area (Å²) in [4.78, 5) is 15.0. The lowest BCUT2D eigenvalue weighted by atomic mass is 10.1. The van der Waals surface area contributed by atoms with E-state index in [0.29, 0.717) is 18.5 Å². The molecule has 0 saturated heterocycles. The molecule has 0 aliphatic carbocycles. The molecule has 0 unspecified atom stereocenters. The van der Waals surface area contributed by atoms with Gasteiger partial charge in [0, 0.05) is 11.9 Å². The number of thiophene rings is 1. The number of amides is 1. The van der Waals surface area contributed by atoms with Crippen LogP contribution in [0.4, 0.5) is 0 Å². The van der Waals surface area contributed by atoms with Gasteiger partial charge in [-0.05, 0) is 29.1 Å². The molecule has 2 aromatic rings. The molecule has 0 aliphatic heterocycles. The molecule has 0 saturated carbocycles. The van der Waals surface area contributed by atoms with E-state index in [1.807, 2.05) is 36.7 Å². The van der Waals surface area contributed by atoms with E-state index < -0.39 is 0 Å². The summed E-state index contributed by atoms with van der Waals surface area (Å²) in [5.41, 5.74) is 1.55. The summed E-state index contributed by atoms with van der Waals surface area (Å²) in [6, 6.07) is 13.2. The van der Waals surface area contributed by atoms with Crippen LogP contribution in [0.2, 0.25) is 0 Å². The van der Waals surface area contributed by atoms with Gasteiger partial charge in [-0.3, -0.25) is 4.79 Å². The van der Waals surface area contributed by atoms with Crippen molar-refractivity contribution in [1.82, 2.24) is 4.90 Å². The summed E-state index contributed by atoms with van der Waals surface area (Å²) in [6.45, 7) is 0.646. The van der Waals surface area contributed by atoms with Crippen LogP contribution in [0, 0.1) is 11.3 Å². The smallest absolute Gasteiger partial charge is 0.227 e. The van der Waals surface area contributed by atoms with E-state index in [-0.39, 0.29) is 5.91 Å². The monoisotopic (exact) mass is 270 g/mol. The molecule has 0 aliphatic rings. The molecule has 96 valence electrons. The molecule has 0 atom stereocenters. The standard InChI is InChI=1S/C15H14N2OS/c1-17(11-14-3-2-8-19-14)15(18)9-12-4-6-13(10-16)7-5-12/h2-8H,9,11H2,1H3. The van der Waals surface area contributed by atoms with Gasteiger partial charge in [-0.2, -0.15) is 5.26 Å². The van der Waals surface area contributed by atoms with Gasteiger partial charge < -0.3 is 4.90 Å². The van der Waals surface area contributed by atoms with E-state index in [2.05, 4.69) is 6.07 Å². The number of carbonyl (C=O) groups excluding carboxylic acids is 1. The highest BCUT2D eigenvalue weighted by molar-refractivity contribution is 7.09. The third kappa shape index (κ3) is 3.67. The van der Waals surface area contributed by atoms with Crippen LogP contribution in [0.25, 0.3) is 0 Å². The van der Waals surface area contributed by atoms with Crippen LogP contribution in [0.5, 0.6) is 0 Å². The molecule has 1 aromatic carbocycles. The molecule has 0 N–H and O–H groups in total. The Labute approximate surface area is 116 Å². The van der Waals surface area contributed by atoms with Gasteiger partial charge in [0.15, 0.2) is 0 Å². The molecule has 1 heterocycles. The Kier molecular flexibility index (Phi) is 4.32. The van der Waals surface area contributed by atoms with E-state index in [0.717, 1.165) is 5.56 Å². The lowest BCUT2D eigenvalue weighted by Gasteiger charge is -2.16. The van der Waals surface area contributed by atoms with E-state index in [1.165, 1.54) is 4.88 Å². The number of rotatable bonds is 4. The first-order valence-electron chi connectivity index (χ1n) is 5.94. The largest absolute Gasteiger partial charge is 0.340 e. The topological polar surface area (TPSA) is 44.1 Å². The van der Waals surface area contributed by atoms with E-state index in [9.17, 15) is 4.79 Å². The Bertz CT molecular complexity index is 582. The summed E-state index contributed by atoms with van der Waals surface area (Å²) < 4.78 is 0. The molecule has 4 heteroatoms. The molecule has 0 radical (unpaired) electrons. The number of likely N-dealkylation sites (N-methyl/N-ethyl adjacent to an activating group) is 1. The average Bonchev–Trinajstić information content (AvgIpc) is 2.92. The van der Waals surface area contributed by atoms with Crippen molar-refractivity contribution in [2.45, 2.75) is 13.0 Å². The summed E-state index contributed by atoms with van der Waals surface area (Å²) in [5, 5.41) is 10.7. The fourth-order valence-corrected chi connectivity index (χ4v) is 2.49. The molecule has 3 nitrogen and oxygen atoms in total. The fourth-order valence-electron chi connectivity index (χ4n) is 1.73. The Morgan fingerprint density at radius 3 is 2.63 bits per heavy atom. The van der Waals surface area contributed by atoms with Gasteiger partial charge in [0.05, 0.1) is 24.6 Å². The van der Waals surface area contributed by atoms with Gasteiger partial charge in [-0.1, -0.05) is 18.2 Å². The second kappa shape index (κ2) is 6.17. The quantitative estimate of drug-likeness (QED) is 0.857. The predicted octanol–water partition coefficient (Wildman–Crippen LogP) is 2.82. The van der Waals surface area contributed by atoms with Crippen LogP contribution >= 0.6 is 11.3 Å². The first-order chi connectivity index (χ1) is 9.19. The molecule has 19 heavy (non-hydrogen) atoms. The summed E-state index contributed by atoms with van der Waals surface area (Å²) in [6.07, 6.45) is 0.369. The zero-order chi connectivity index (χ0) is 13.7. The second-order valence-corrected chi connectivity index (χ2v) is 5.35. The summed E-state index contributed by atoms with van der Waals surface area (Å²) in [7, 11) is 1.81. The van der Waals surface area contributed by atoms with Crippen LogP contribution < -0.4 is 0 Å². The van der Waals surface area contributed by atoms with Crippen LogP contribution in [0.15, 0.2) is 41.8 Å². The van der Waals surface area contributed by atoms with Gasteiger partial charge in [0.2, 0.25) is 5.91 Å². The lowest BCUT2D eigenvalue weighted by molar-refractivity contribution is -0.129. The van der Waals surface area contributed by atoms with Crippen molar-refractivity contribution in [3.05, 3.63) is 57.8 Å². The van der Waals surface area contributed by atoms with Crippen molar-refractivity contribution in [1.29, 1.82) is 5.26 Å². The van der Waals surface area contributed by atoms with Crippen LogP contribution in [0.1, 0.15) is 16.0 Å². The van der Waals surface area contributed by atoms with Crippen LogP contribution in [-0.2, 0) is 17.8 Å². The van der Waals surface area contributed by atoms with Gasteiger partial charge in [-0.25, -0.2) is 0 Å². The van der Waals surface area contributed by atoms with E-state index in [1.54, 1.807) is 28.4 Å². The molecular formula is C15H14N2OS. The first kappa shape index (κ1) is 13.3. The minimum atomic E-state index is 0.0816. The molecule has 0 fully saturated rings. The van der Waals surface area contributed by atoms with Crippen molar-refractivity contribution in [2.75, 3.05) is 7.05 Å². The third-order valence-electron chi connectivity index (χ3n) is 2.84. The molecule has 0 spiro atoms. The SMILES string of the molecule is CN(Cc1cccs1)C(=O)Cc1ccc(C#N)cc1. The zero-order valence-corrected chi connectivity index (χ0v) is 11.5. The van der Waals surface area contributed by atoms with Crippen molar-refractivity contribution >= 4 is 17.2 Å². The van der Waals surface area contributed by atoms with E-state index >= 15 is 0 Å². The number of nitriles is 1. The molecule has 1 aromatic heterocycles. The average molecular weight is 270 g/mol. The third-order valence-corrected chi connectivity index (χ3v) is 3.70. The maximum Gasteiger partial charge on any atom is 0.227 e. The minimum absolute atomic E-state index is 0.0816. The Balaban J connectivity index is 1.94. The Hall–Kier alpha value is -2.12. The number of benzene rings is 1. The summed E-state index contributed by atoms with van der Waals surface area (Å²) in [5.74, 6) is 0.0816. The Morgan fingerprint density at radius 2 is 2.05 bits per heavy atom. The molecule has 0 bridgehead atoms. The maximum atomic E-state index is 12.1. The summed E-state index contributed by atoms with van der Waals surface area (Å²) >= 11 is 1.65. The minimum Gasteiger partial charge on any atom is -0.340 e. The van der Waals surface area contributed by atoms with Crippen molar-refractivity contribution in [3.63, 3.8) is 0 Å². The van der Waals surface area contributed by atoms with Crippen molar-refractivity contribution in [3.8, 4) is 6.07 Å². The molecular weight excluding hydrogens is 256 g/mol. The molecule has 2 rings (SSSR count). The van der Waals surface area contributed by atoms with Gasteiger partial charge >= 0.3 is 0 Å². The van der Waals surface area contributed by atoms with Gasteiger partial charge in [0.25, 0.3) is 0 Å². The first-order valence-corrected chi connectivity index (χ1v) is 6.82. The van der Waals surface area contributed by atoms with Gasteiger partial charge in [-0.15, -0.1) is 11.3 Å². The normalized spacial score (nSPS) is 9.89. The highest BCUT2D eigenvalue weighted by Gasteiger charge is 2.10. The van der Waals surface area contributed by atoms with Crippen molar-refractivity contribution in [2.24, 2.45) is 0 Å². The number of carbonyl (C=O) groups is 1. The molecule has 1 amide bonds. The predicted molar refractivity (Wildman–Crippen MR) is 75.7 cm³/mol. The maximum absolute atomic E-state index is 12.1.